The number of halogens is 1. The molecule has 0 saturated carbocycles. The Kier molecular flexibility index (Phi) is 5.36. The number of nitrogens with one attached hydrogen (secondary N) is 1. The smallest absolute Gasteiger partial charge is 0.270 e. The molecule has 2 aromatic rings. The maximum Gasteiger partial charge on any atom is 0.270 e. The topological polar surface area (TPSA) is 53.4 Å². The zero-order chi connectivity index (χ0) is 17.8. The van der Waals surface area contributed by atoms with Crippen molar-refractivity contribution in [1.82, 2.24) is 14.7 Å². The first-order valence-electron chi connectivity index (χ1n) is 8.15. The van der Waals surface area contributed by atoms with Crippen LogP contribution in [0.15, 0.2) is 58.5 Å². The van der Waals surface area contributed by atoms with Crippen molar-refractivity contribution in [2.24, 2.45) is 4.99 Å². The summed E-state index contributed by atoms with van der Waals surface area (Å²) < 4.78 is 1.62. The monoisotopic (exact) mass is 356 g/mol. The molecule has 1 aromatic heterocycles. The number of fused-ring (bicyclic) bond motifs is 1. The van der Waals surface area contributed by atoms with Gasteiger partial charge in [0.2, 0.25) is 0 Å². The van der Waals surface area contributed by atoms with Gasteiger partial charge in [0.05, 0.1) is 12.2 Å². The minimum absolute atomic E-state index is 0.0363. The van der Waals surface area contributed by atoms with Crippen molar-refractivity contribution in [3.63, 3.8) is 0 Å². The van der Waals surface area contributed by atoms with Crippen LogP contribution in [0.3, 0.4) is 0 Å². The molecule has 0 aliphatic carbocycles. The second kappa shape index (κ2) is 7.68. The summed E-state index contributed by atoms with van der Waals surface area (Å²) in [5.41, 5.74) is 3.90. The molecule has 25 heavy (non-hydrogen) atoms. The van der Waals surface area contributed by atoms with Gasteiger partial charge in [-0.3, -0.25) is 19.8 Å². The van der Waals surface area contributed by atoms with Crippen molar-refractivity contribution in [2.75, 3.05) is 6.54 Å². The summed E-state index contributed by atoms with van der Waals surface area (Å²) in [6, 6.07) is 7.88. The van der Waals surface area contributed by atoms with Crippen LogP contribution >= 0.6 is 11.6 Å². The van der Waals surface area contributed by atoms with Gasteiger partial charge in [-0.15, -0.1) is 0 Å². The molecule has 6 heteroatoms. The minimum atomic E-state index is 0.0363. The Hall–Kier alpha value is -2.37. The molecule has 130 valence electrons. The van der Waals surface area contributed by atoms with Gasteiger partial charge in [-0.2, -0.15) is 0 Å². The van der Waals surface area contributed by atoms with Crippen molar-refractivity contribution >= 4 is 18.3 Å². The molecule has 1 aliphatic rings. The largest absolute Gasteiger partial charge is 0.298 e. The molecule has 0 unspecified atom stereocenters. The molecule has 2 heterocycles. The number of rotatable bonds is 6. The van der Waals surface area contributed by atoms with Gasteiger partial charge in [0.15, 0.2) is 0 Å². The Labute approximate surface area is 151 Å². The average Bonchev–Trinajstić information content (AvgIpc) is 2.90. The van der Waals surface area contributed by atoms with E-state index in [1.165, 1.54) is 5.56 Å². The maximum atomic E-state index is 12.6. The highest BCUT2D eigenvalue weighted by Gasteiger charge is 2.22. The second-order valence-corrected chi connectivity index (χ2v) is 6.58. The number of hydrogen-bond acceptors (Lipinski definition) is 3. The van der Waals surface area contributed by atoms with E-state index in [1.807, 2.05) is 18.2 Å². The zero-order valence-electron chi connectivity index (χ0n) is 14.0. The summed E-state index contributed by atoms with van der Waals surface area (Å²) in [7, 11) is 0. The van der Waals surface area contributed by atoms with E-state index in [0.717, 1.165) is 47.9 Å². The number of aliphatic imine (C=N–C) groups is 1. The predicted octanol–water partition coefficient (Wildman–Crippen LogP) is 3.16. The summed E-state index contributed by atoms with van der Waals surface area (Å²) in [6.07, 6.45) is 4.04. The molecular weight excluding hydrogens is 336 g/mol. The molecule has 0 fully saturated rings. The maximum absolute atomic E-state index is 12.6. The molecule has 1 N–H and O–H groups in total. The lowest BCUT2D eigenvalue weighted by atomic mass is 10.1. The Morgan fingerprint density at radius 2 is 2.28 bits per heavy atom. The summed E-state index contributed by atoms with van der Waals surface area (Å²) in [5, 5.41) is 3.98. The molecule has 1 aromatic carbocycles. The molecule has 3 rings (SSSR count). The lowest BCUT2D eigenvalue weighted by Gasteiger charge is -2.26. The van der Waals surface area contributed by atoms with E-state index in [-0.39, 0.29) is 5.56 Å². The number of H-pyrrole nitrogens is 1. The number of hydrogen-bond donors (Lipinski definition) is 1. The van der Waals surface area contributed by atoms with E-state index < -0.39 is 0 Å². The molecular formula is C19H21ClN4O. The van der Waals surface area contributed by atoms with Crippen molar-refractivity contribution in [1.29, 1.82) is 0 Å². The Morgan fingerprint density at radius 3 is 3.00 bits per heavy atom. The fourth-order valence-corrected chi connectivity index (χ4v) is 3.34. The van der Waals surface area contributed by atoms with E-state index >= 15 is 0 Å². The zero-order valence-corrected chi connectivity index (χ0v) is 14.8. The molecule has 5 nitrogen and oxygen atoms in total. The fourth-order valence-electron chi connectivity index (χ4n) is 3.13. The van der Waals surface area contributed by atoms with Crippen LogP contribution < -0.4 is 5.56 Å². The van der Waals surface area contributed by atoms with Crippen LogP contribution in [0.2, 0.25) is 5.02 Å². The molecule has 0 saturated heterocycles. The van der Waals surface area contributed by atoms with Crippen LogP contribution in [-0.4, -0.2) is 27.9 Å². The summed E-state index contributed by atoms with van der Waals surface area (Å²) in [4.78, 5) is 18.6. The molecule has 0 radical (unpaired) electrons. The van der Waals surface area contributed by atoms with Crippen molar-refractivity contribution in [2.45, 2.75) is 26.1 Å². The van der Waals surface area contributed by atoms with E-state index in [1.54, 1.807) is 17.0 Å². The standard InChI is InChI=1S/C19H21ClN4O/c1-3-14(10-21-2)12-24-19(25)17-7-8-23(13-18(17)22-24)11-15-5-4-6-16(20)9-15/h3-6,9-10,22H,1-2,7-8,11-13H2/b14-10+. The first-order chi connectivity index (χ1) is 12.1. The van der Waals surface area contributed by atoms with Gasteiger partial charge in [0.25, 0.3) is 5.56 Å². The quantitative estimate of drug-likeness (QED) is 0.638. The van der Waals surface area contributed by atoms with Crippen LogP contribution in [-0.2, 0) is 26.1 Å². The van der Waals surface area contributed by atoms with Crippen LogP contribution in [0.1, 0.15) is 16.8 Å². The average molecular weight is 357 g/mol. The third kappa shape index (κ3) is 4.00. The van der Waals surface area contributed by atoms with E-state index in [0.29, 0.717) is 6.54 Å². The van der Waals surface area contributed by atoms with E-state index in [9.17, 15) is 4.79 Å². The number of aromatic amines is 1. The number of aromatic nitrogens is 2. The van der Waals surface area contributed by atoms with Gasteiger partial charge in [0, 0.05) is 36.4 Å². The fraction of sp³-hybridized carbons (Fsp3) is 0.263. The normalized spacial score (nSPS) is 15.0. The van der Waals surface area contributed by atoms with Gasteiger partial charge in [-0.05, 0) is 36.4 Å². The molecule has 1 aliphatic heterocycles. The summed E-state index contributed by atoms with van der Waals surface area (Å²) >= 11 is 6.06. The van der Waals surface area contributed by atoms with Crippen LogP contribution in [0.4, 0.5) is 0 Å². The van der Waals surface area contributed by atoms with E-state index in [4.69, 9.17) is 11.6 Å². The Morgan fingerprint density at radius 1 is 1.44 bits per heavy atom. The third-order valence-corrected chi connectivity index (χ3v) is 4.59. The molecule has 0 spiro atoms. The number of benzene rings is 1. The molecule has 0 atom stereocenters. The lowest BCUT2D eigenvalue weighted by molar-refractivity contribution is 0.242. The van der Waals surface area contributed by atoms with Crippen LogP contribution in [0.5, 0.6) is 0 Å². The minimum Gasteiger partial charge on any atom is -0.298 e. The van der Waals surface area contributed by atoms with Gasteiger partial charge >= 0.3 is 0 Å². The predicted molar refractivity (Wildman–Crippen MR) is 102 cm³/mol. The second-order valence-electron chi connectivity index (χ2n) is 6.14. The first-order valence-corrected chi connectivity index (χ1v) is 8.53. The first kappa shape index (κ1) is 17.5. The SMILES string of the molecule is C=C/C(=C\N=C)Cn1[nH]c2c(c1=O)CCN(Cc1cccc(Cl)c1)C2. The van der Waals surface area contributed by atoms with Crippen molar-refractivity contribution in [3.8, 4) is 0 Å². The van der Waals surface area contributed by atoms with Crippen LogP contribution in [0.25, 0.3) is 0 Å². The van der Waals surface area contributed by atoms with Crippen molar-refractivity contribution < 1.29 is 0 Å². The number of allylic oxidation sites excluding steroid dienone is 2. The van der Waals surface area contributed by atoms with Crippen LogP contribution in [0, 0.1) is 0 Å². The van der Waals surface area contributed by atoms with Gasteiger partial charge in [-0.1, -0.05) is 36.4 Å². The van der Waals surface area contributed by atoms with Gasteiger partial charge < -0.3 is 0 Å². The van der Waals surface area contributed by atoms with Gasteiger partial charge in [0.1, 0.15) is 0 Å². The number of nitrogens with zero attached hydrogens (tertiary/aromatic N) is 3. The lowest BCUT2D eigenvalue weighted by Crippen LogP contribution is -2.31. The van der Waals surface area contributed by atoms with Gasteiger partial charge in [-0.25, -0.2) is 4.68 Å². The third-order valence-electron chi connectivity index (χ3n) is 4.35. The Bertz CT molecular complexity index is 878. The summed E-state index contributed by atoms with van der Waals surface area (Å²) in [5.74, 6) is 0. The highest BCUT2D eigenvalue weighted by molar-refractivity contribution is 6.30. The molecule has 0 bridgehead atoms. The van der Waals surface area contributed by atoms with E-state index in [2.05, 4.69) is 34.4 Å². The highest BCUT2D eigenvalue weighted by atomic mass is 35.5. The molecule has 0 amide bonds. The highest BCUT2D eigenvalue weighted by Crippen LogP contribution is 2.19. The van der Waals surface area contributed by atoms with Crippen molar-refractivity contribution in [3.05, 3.63) is 80.9 Å². The Balaban J connectivity index is 1.76. The summed E-state index contributed by atoms with van der Waals surface area (Å²) in [6.45, 7) is 10.00.